The molecule has 0 spiro atoms. The quantitative estimate of drug-likeness (QED) is 0.233. The van der Waals surface area contributed by atoms with Gasteiger partial charge in [0.15, 0.2) is 11.5 Å². The minimum Gasteiger partial charge on any atom is -0.493 e. The Kier molecular flexibility index (Phi) is 11.2. The fourth-order valence-corrected chi connectivity index (χ4v) is 4.97. The molecule has 12 heteroatoms. The van der Waals surface area contributed by atoms with Crippen LogP contribution >= 0.6 is 22.6 Å². The molecule has 0 unspecified atom stereocenters. The molecule has 10 nitrogen and oxygen atoms in total. The summed E-state index contributed by atoms with van der Waals surface area (Å²) in [6, 6.07) is 7.72. The van der Waals surface area contributed by atoms with Gasteiger partial charge in [-0.05, 0) is 58.5 Å². The summed E-state index contributed by atoms with van der Waals surface area (Å²) in [5.41, 5.74) is 1.20. The largest absolute Gasteiger partial charge is 0.493 e. The van der Waals surface area contributed by atoms with E-state index in [2.05, 4.69) is 5.32 Å². The van der Waals surface area contributed by atoms with Gasteiger partial charge in [0.25, 0.3) is 0 Å². The van der Waals surface area contributed by atoms with E-state index in [0.717, 1.165) is 0 Å². The lowest BCUT2D eigenvalue weighted by Gasteiger charge is -2.40. The number of ether oxygens (including phenoxy) is 3. The van der Waals surface area contributed by atoms with Crippen LogP contribution in [0.25, 0.3) is 0 Å². The van der Waals surface area contributed by atoms with E-state index in [1.807, 2.05) is 22.6 Å². The molecule has 210 valence electrons. The highest BCUT2D eigenvalue weighted by Crippen LogP contribution is 2.37. The number of benzene rings is 2. The molecule has 3 N–H and O–H groups in total. The molecule has 3 rings (SSSR count). The van der Waals surface area contributed by atoms with Crippen molar-refractivity contribution in [3.63, 3.8) is 0 Å². The summed E-state index contributed by atoms with van der Waals surface area (Å²) in [6.07, 6.45) is -0.291. The summed E-state index contributed by atoms with van der Waals surface area (Å²) in [6.45, 7) is -0.538. The first-order valence-corrected chi connectivity index (χ1v) is 13.1. The second-order valence-corrected chi connectivity index (χ2v) is 9.91. The van der Waals surface area contributed by atoms with Crippen molar-refractivity contribution < 1.29 is 43.2 Å². The summed E-state index contributed by atoms with van der Waals surface area (Å²) in [7, 11) is 2.77. The third kappa shape index (κ3) is 7.75. The lowest BCUT2D eigenvalue weighted by atomic mass is 9.87. The van der Waals surface area contributed by atoms with Crippen molar-refractivity contribution >= 4 is 40.7 Å². The van der Waals surface area contributed by atoms with Crippen LogP contribution in [-0.4, -0.2) is 85.4 Å². The molecule has 2 amide bonds. The Balaban J connectivity index is 2.03. The van der Waals surface area contributed by atoms with Gasteiger partial charge in [-0.2, -0.15) is 0 Å². The standard InChI is InChI=1S/C27H30FIN2O8/c1-37-15-24(34)31(13-16-3-5-19(28)6-4-16)21-11-18(27(36)30-7-8-32)12-22(25(21)35)39-26-20(29)9-17(14-33)10-23(26)38-2/h3-6,9-10,12,14,21-22,25,32,35H,7-8,11,13,15H2,1-2H3,(H,30,36)/t21-,22+,25+/m1/s1. The Morgan fingerprint density at radius 1 is 1.23 bits per heavy atom. The van der Waals surface area contributed by atoms with Crippen LogP contribution in [0.15, 0.2) is 48.0 Å². The molecular formula is C27H30FIN2O8. The van der Waals surface area contributed by atoms with Crippen LogP contribution in [0.3, 0.4) is 0 Å². The van der Waals surface area contributed by atoms with Crippen LogP contribution in [-0.2, 0) is 20.9 Å². The number of aldehydes is 1. The van der Waals surface area contributed by atoms with Crippen molar-refractivity contribution in [1.82, 2.24) is 10.2 Å². The van der Waals surface area contributed by atoms with Crippen LogP contribution in [0.5, 0.6) is 11.5 Å². The Labute approximate surface area is 238 Å². The topological polar surface area (TPSA) is 135 Å². The van der Waals surface area contributed by atoms with Gasteiger partial charge in [-0.1, -0.05) is 12.1 Å². The smallest absolute Gasteiger partial charge is 0.249 e. The average Bonchev–Trinajstić information content (AvgIpc) is 2.93. The third-order valence-electron chi connectivity index (χ3n) is 6.11. The molecule has 0 fully saturated rings. The number of rotatable bonds is 12. The maximum Gasteiger partial charge on any atom is 0.249 e. The monoisotopic (exact) mass is 656 g/mol. The lowest BCUT2D eigenvalue weighted by Crippen LogP contribution is -2.55. The third-order valence-corrected chi connectivity index (χ3v) is 6.91. The molecule has 39 heavy (non-hydrogen) atoms. The van der Waals surface area contributed by atoms with Gasteiger partial charge in [0.1, 0.15) is 30.9 Å². The molecule has 0 aromatic heterocycles. The molecule has 2 aromatic rings. The Bertz CT molecular complexity index is 1210. The second-order valence-electron chi connectivity index (χ2n) is 8.75. The number of nitrogens with one attached hydrogen (secondary N) is 1. The zero-order chi connectivity index (χ0) is 28.5. The van der Waals surface area contributed by atoms with E-state index in [4.69, 9.17) is 19.3 Å². The number of aliphatic hydroxyl groups excluding tert-OH is 2. The second kappa shape index (κ2) is 14.4. The number of nitrogens with zero attached hydrogens (tertiary/aromatic N) is 1. The predicted molar refractivity (Wildman–Crippen MR) is 147 cm³/mol. The molecule has 0 aliphatic heterocycles. The number of carbonyl (C=O) groups excluding carboxylic acids is 3. The average molecular weight is 656 g/mol. The van der Waals surface area contributed by atoms with Crippen molar-refractivity contribution in [2.45, 2.75) is 31.2 Å². The molecule has 2 aromatic carbocycles. The van der Waals surface area contributed by atoms with Gasteiger partial charge in [-0.15, -0.1) is 0 Å². The van der Waals surface area contributed by atoms with Crippen LogP contribution in [0.4, 0.5) is 4.39 Å². The number of hydrogen-bond acceptors (Lipinski definition) is 8. The van der Waals surface area contributed by atoms with Gasteiger partial charge < -0.3 is 34.6 Å². The van der Waals surface area contributed by atoms with Gasteiger partial charge in [-0.3, -0.25) is 14.4 Å². The molecule has 1 aliphatic carbocycles. The zero-order valence-corrected chi connectivity index (χ0v) is 23.6. The maximum absolute atomic E-state index is 13.5. The molecule has 0 heterocycles. The Morgan fingerprint density at radius 2 is 1.95 bits per heavy atom. The van der Waals surface area contributed by atoms with E-state index in [0.29, 0.717) is 21.0 Å². The summed E-state index contributed by atoms with van der Waals surface area (Å²) >= 11 is 1.97. The van der Waals surface area contributed by atoms with Crippen LogP contribution < -0.4 is 14.8 Å². The fourth-order valence-electron chi connectivity index (χ4n) is 4.22. The van der Waals surface area contributed by atoms with E-state index in [1.54, 1.807) is 6.07 Å². The molecule has 0 bridgehead atoms. The Morgan fingerprint density at radius 3 is 2.56 bits per heavy atom. The minimum atomic E-state index is -1.30. The van der Waals surface area contributed by atoms with Gasteiger partial charge >= 0.3 is 0 Å². The number of methoxy groups -OCH3 is 2. The van der Waals surface area contributed by atoms with Crippen LogP contribution in [0, 0.1) is 9.39 Å². The SMILES string of the molecule is COCC(=O)N(Cc1ccc(F)cc1)[C@@H]1CC(C(=O)NCCO)=C[C@H](Oc2c(I)cc(C=O)cc2OC)[C@H]1O. The van der Waals surface area contributed by atoms with Crippen molar-refractivity contribution in [3.8, 4) is 11.5 Å². The highest BCUT2D eigenvalue weighted by Gasteiger charge is 2.41. The van der Waals surface area contributed by atoms with E-state index in [9.17, 15) is 23.9 Å². The van der Waals surface area contributed by atoms with Crippen LogP contribution in [0.1, 0.15) is 22.3 Å². The first kappa shape index (κ1) is 30.5. The normalized spacial score (nSPS) is 18.6. The van der Waals surface area contributed by atoms with E-state index >= 15 is 0 Å². The molecule has 0 saturated heterocycles. The van der Waals surface area contributed by atoms with Gasteiger partial charge in [0.05, 0.1) is 23.3 Å². The van der Waals surface area contributed by atoms with Gasteiger partial charge in [0.2, 0.25) is 11.8 Å². The predicted octanol–water partition coefficient (Wildman–Crippen LogP) is 1.84. The van der Waals surface area contributed by atoms with Gasteiger partial charge in [0, 0.05) is 37.8 Å². The Hall–Kier alpha value is -3.07. The van der Waals surface area contributed by atoms with Gasteiger partial charge in [-0.25, -0.2) is 4.39 Å². The van der Waals surface area contributed by atoms with E-state index in [1.165, 1.54) is 55.5 Å². The van der Waals surface area contributed by atoms with Crippen molar-refractivity contribution in [2.75, 3.05) is 34.0 Å². The fraction of sp³-hybridized carbons (Fsp3) is 0.370. The first-order chi connectivity index (χ1) is 18.7. The van der Waals surface area contributed by atoms with Crippen molar-refractivity contribution in [3.05, 3.63) is 68.6 Å². The number of carbonyl (C=O) groups is 3. The van der Waals surface area contributed by atoms with Crippen LogP contribution in [0.2, 0.25) is 0 Å². The lowest BCUT2D eigenvalue weighted by molar-refractivity contribution is -0.143. The summed E-state index contributed by atoms with van der Waals surface area (Å²) in [5, 5.41) is 23.2. The molecular weight excluding hydrogens is 626 g/mol. The molecule has 0 saturated carbocycles. The maximum atomic E-state index is 13.5. The highest BCUT2D eigenvalue weighted by molar-refractivity contribution is 14.1. The summed E-state index contributed by atoms with van der Waals surface area (Å²) in [4.78, 5) is 38.8. The zero-order valence-electron chi connectivity index (χ0n) is 21.4. The number of halogens is 2. The highest BCUT2D eigenvalue weighted by atomic mass is 127. The minimum absolute atomic E-state index is 0.00962. The number of hydrogen-bond donors (Lipinski definition) is 3. The molecule has 1 aliphatic rings. The summed E-state index contributed by atoms with van der Waals surface area (Å²) in [5.74, 6) is -0.892. The van der Waals surface area contributed by atoms with Crippen molar-refractivity contribution in [2.24, 2.45) is 0 Å². The summed E-state index contributed by atoms with van der Waals surface area (Å²) < 4.78 is 30.7. The molecule has 3 atom stereocenters. The first-order valence-electron chi connectivity index (χ1n) is 12.0. The van der Waals surface area contributed by atoms with E-state index < -0.39 is 35.9 Å². The number of aliphatic hydroxyl groups is 2. The van der Waals surface area contributed by atoms with E-state index in [-0.39, 0.29) is 49.8 Å². The number of amides is 2. The molecule has 0 radical (unpaired) electrons. The van der Waals surface area contributed by atoms with Crippen molar-refractivity contribution in [1.29, 1.82) is 0 Å².